The number of nitro benzene ring substituents is 1. The van der Waals surface area contributed by atoms with Gasteiger partial charge in [-0.2, -0.15) is 0 Å². The van der Waals surface area contributed by atoms with Crippen molar-refractivity contribution in [2.45, 2.75) is 25.8 Å². The number of fused-ring (bicyclic) bond motifs is 1. The first kappa shape index (κ1) is 14.5. The maximum absolute atomic E-state index is 11.7. The number of aromatic nitrogens is 2. The summed E-state index contributed by atoms with van der Waals surface area (Å²) in [4.78, 5) is 28.7. The minimum atomic E-state index is -0.548. The summed E-state index contributed by atoms with van der Waals surface area (Å²) < 4.78 is 0. The van der Waals surface area contributed by atoms with Crippen LogP contribution in [-0.4, -0.2) is 20.9 Å². The Hall–Kier alpha value is -2.88. The van der Waals surface area contributed by atoms with Crippen LogP contribution in [0, 0.1) is 22.5 Å². The Morgan fingerprint density at radius 3 is 2.95 bits per heavy atom. The normalized spacial score (nSPS) is 11.8. The predicted molar refractivity (Wildman–Crippen MR) is 80.2 cm³/mol. The number of nitrogens with one attached hydrogen (secondary N) is 2. The smallest absolute Gasteiger partial charge is 0.293 e. The van der Waals surface area contributed by atoms with Crippen molar-refractivity contribution in [1.29, 1.82) is 0 Å². The number of H-pyrrole nitrogens is 1. The van der Waals surface area contributed by atoms with E-state index in [4.69, 9.17) is 6.42 Å². The highest BCUT2D eigenvalue weighted by Gasteiger charge is 2.19. The zero-order valence-corrected chi connectivity index (χ0v) is 11.4. The fourth-order valence-corrected chi connectivity index (χ4v) is 2.04. The first-order valence-corrected chi connectivity index (χ1v) is 6.45. The first-order valence-electron chi connectivity index (χ1n) is 6.45. The quantitative estimate of drug-likeness (QED) is 0.497. The number of aromatic amines is 1. The molecule has 2 rings (SSSR count). The van der Waals surface area contributed by atoms with Gasteiger partial charge in [-0.15, -0.1) is 6.42 Å². The molecule has 108 valence electrons. The second-order valence-electron chi connectivity index (χ2n) is 4.53. The van der Waals surface area contributed by atoms with E-state index in [1.165, 1.54) is 18.5 Å². The van der Waals surface area contributed by atoms with E-state index in [1.54, 1.807) is 0 Å². The molecule has 1 aromatic heterocycles. The van der Waals surface area contributed by atoms with Crippen LogP contribution in [0.4, 0.5) is 11.4 Å². The average molecular weight is 286 g/mol. The van der Waals surface area contributed by atoms with Crippen molar-refractivity contribution in [3.63, 3.8) is 0 Å². The molecule has 1 aromatic carbocycles. The molecule has 0 aliphatic rings. The Morgan fingerprint density at radius 1 is 1.57 bits per heavy atom. The maximum atomic E-state index is 11.7. The summed E-state index contributed by atoms with van der Waals surface area (Å²) in [7, 11) is 0. The van der Waals surface area contributed by atoms with Crippen molar-refractivity contribution in [3.05, 3.63) is 38.9 Å². The van der Waals surface area contributed by atoms with Crippen molar-refractivity contribution < 1.29 is 4.92 Å². The molecule has 0 aliphatic heterocycles. The highest BCUT2D eigenvalue weighted by atomic mass is 16.6. The van der Waals surface area contributed by atoms with E-state index < -0.39 is 10.5 Å². The number of anilines is 1. The summed E-state index contributed by atoms with van der Waals surface area (Å²) in [6.07, 6.45) is 8.21. The standard InChI is InChI=1S/C14H14N4O3/c1-3-5-9(4-2)17-12-7-11-10(6-13(12)18(20)21)14(19)16-8-15-11/h2,6-9,17H,3,5H2,1H3,(H,15,16,19). The van der Waals surface area contributed by atoms with Crippen molar-refractivity contribution in [1.82, 2.24) is 9.97 Å². The molecule has 2 aromatic rings. The van der Waals surface area contributed by atoms with Gasteiger partial charge in [0.2, 0.25) is 0 Å². The summed E-state index contributed by atoms with van der Waals surface area (Å²) in [6, 6.07) is 2.37. The Kier molecular flexibility index (Phi) is 4.18. The largest absolute Gasteiger partial charge is 0.366 e. The zero-order chi connectivity index (χ0) is 15.4. The van der Waals surface area contributed by atoms with Gasteiger partial charge in [-0.1, -0.05) is 19.3 Å². The molecule has 0 amide bonds. The number of nitro groups is 1. The Bertz CT molecular complexity index is 776. The minimum absolute atomic E-state index is 0.169. The molecule has 1 unspecified atom stereocenters. The van der Waals surface area contributed by atoms with Crippen LogP contribution in [0.1, 0.15) is 19.8 Å². The highest BCUT2D eigenvalue weighted by molar-refractivity contribution is 5.86. The molecule has 0 saturated carbocycles. The minimum Gasteiger partial charge on any atom is -0.366 e. The van der Waals surface area contributed by atoms with E-state index in [-0.39, 0.29) is 22.8 Å². The Labute approximate surface area is 120 Å². The molecule has 0 radical (unpaired) electrons. The lowest BCUT2D eigenvalue weighted by molar-refractivity contribution is -0.383. The summed E-state index contributed by atoms with van der Waals surface area (Å²) in [5.74, 6) is 2.56. The van der Waals surface area contributed by atoms with Crippen LogP contribution >= 0.6 is 0 Å². The lowest BCUT2D eigenvalue weighted by Gasteiger charge is -2.14. The molecule has 0 bridgehead atoms. The molecule has 0 spiro atoms. The van der Waals surface area contributed by atoms with Gasteiger partial charge in [0.15, 0.2) is 0 Å². The van der Waals surface area contributed by atoms with Crippen LogP contribution in [0.3, 0.4) is 0 Å². The van der Waals surface area contributed by atoms with Crippen molar-refractivity contribution in [2.75, 3.05) is 5.32 Å². The van der Waals surface area contributed by atoms with Crippen LogP contribution in [-0.2, 0) is 0 Å². The summed E-state index contributed by atoms with van der Waals surface area (Å²) in [5.41, 5.74) is 0.0233. The van der Waals surface area contributed by atoms with Gasteiger partial charge < -0.3 is 10.3 Å². The van der Waals surface area contributed by atoms with Crippen LogP contribution < -0.4 is 10.9 Å². The maximum Gasteiger partial charge on any atom is 0.293 e. The van der Waals surface area contributed by atoms with Gasteiger partial charge in [-0.25, -0.2) is 4.98 Å². The molecular formula is C14H14N4O3. The van der Waals surface area contributed by atoms with E-state index >= 15 is 0 Å². The van der Waals surface area contributed by atoms with Gasteiger partial charge in [0, 0.05) is 6.07 Å². The molecular weight excluding hydrogens is 272 g/mol. The number of benzene rings is 1. The topological polar surface area (TPSA) is 101 Å². The van der Waals surface area contributed by atoms with Crippen LogP contribution in [0.25, 0.3) is 10.9 Å². The van der Waals surface area contributed by atoms with E-state index in [0.717, 1.165) is 6.42 Å². The van der Waals surface area contributed by atoms with Crippen molar-refractivity contribution in [2.24, 2.45) is 0 Å². The lowest BCUT2D eigenvalue weighted by Crippen LogP contribution is -2.18. The molecule has 0 fully saturated rings. The number of terminal acetylenes is 1. The van der Waals surface area contributed by atoms with Crippen LogP contribution in [0.15, 0.2) is 23.3 Å². The first-order chi connectivity index (χ1) is 10.1. The third kappa shape index (κ3) is 3.00. The van der Waals surface area contributed by atoms with E-state index in [2.05, 4.69) is 21.2 Å². The fourth-order valence-electron chi connectivity index (χ4n) is 2.04. The molecule has 1 heterocycles. The molecule has 1 atom stereocenters. The highest BCUT2D eigenvalue weighted by Crippen LogP contribution is 2.28. The number of hydrogen-bond donors (Lipinski definition) is 2. The molecule has 21 heavy (non-hydrogen) atoms. The van der Waals surface area contributed by atoms with Crippen LogP contribution in [0.5, 0.6) is 0 Å². The average Bonchev–Trinajstić information content (AvgIpc) is 2.46. The van der Waals surface area contributed by atoms with E-state index in [0.29, 0.717) is 11.9 Å². The summed E-state index contributed by atoms with van der Waals surface area (Å²) in [6.45, 7) is 1.97. The number of nitrogens with zero attached hydrogens (tertiary/aromatic N) is 2. The van der Waals surface area contributed by atoms with Gasteiger partial charge in [-0.3, -0.25) is 14.9 Å². The Morgan fingerprint density at radius 2 is 2.33 bits per heavy atom. The second kappa shape index (κ2) is 6.05. The lowest BCUT2D eigenvalue weighted by atomic mass is 10.1. The number of hydrogen-bond acceptors (Lipinski definition) is 5. The molecule has 7 heteroatoms. The summed E-state index contributed by atoms with van der Waals surface area (Å²) in [5, 5.41) is 14.3. The van der Waals surface area contributed by atoms with Crippen LogP contribution in [0.2, 0.25) is 0 Å². The third-order valence-corrected chi connectivity index (χ3v) is 3.06. The monoisotopic (exact) mass is 286 g/mol. The van der Waals surface area contributed by atoms with Gasteiger partial charge in [0.1, 0.15) is 5.69 Å². The molecule has 7 nitrogen and oxygen atoms in total. The third-order valence-electron chi connectivity index (χ3n) is 3.06. The second-order valence-corrected chi connectivity index (χ2v) is 4.53. The fraction of sp³-hybridized carbons (Fsp3) is 0.286. The van der Waals surface area contributed by atoms with Crippen molar-refractivity contribution >= 4 is 22.3 Å². The zero-order valence-electron chi connectivity index (χ0n) is 11.4. The molecule has 2 N–H and O–H groups in total. The van der Waals surface area contributed by atoms with Gasteiger partial charge >= 0.3 is 0 Å². The molecule has 0 aliphatic carbocycles. The van der Waals surface area contributed by atoms with Gasteiger partial charge in [0.05, 0.1) is 28.2 Å². The van der Waals surface area contributed by atoms with E-state index in [9.17, 15) is 14.9 Å². The SMILES string of the molecule is C#CC(CCC)Nc1cc2nc[nH]c(=O)c2cc1[N+](=O)[O-]. The summed E-state index contributed by atoms with van der Waals surface area (Å²) >= 11 is 0. The van der Waals surface area contributed by atoms with Gasteiger partial charge in [-0.05, 0) is 12.5 Å². The van der Waals surface area contributed by atoms with E-state index in [1.807, 2.05) is 6.92 Å². The predicted octanol–water partition coefficient (Wildman–Crippen LogP) is 2.05. The number of rotatable bonds is 5. The van der Waals surface area contributed by atoms with Crippen molar-refractivity contribution in [3.8, 4) is 12.3 Å². The molecule has 0 saturated heterocycles. The Balaban J connectivity index is 2.56. The van der Waals surface area contributed by atoms with Gasteiger partial charge in [0.25, 0.3) is 11.2 Å².